The van der Waals surface area contributed by atoms with E-state index >= 15 is 0 Å². The first-order chi connectivity index (χ1) is 8.15. The lowest BCUT2D eigenvalue weighted by Crippen LogP contribution is -1.93. The number of nitrogens with zero attached hydrogens (tertiary/aromatic N) is 2. The molecular formula is C13H14N2O2. The van der Waals surface area contributed by atoms with Crippen LogP contribution in [0.2, 0.25) is 0 Å². The molecule has 0 bridgehead atoms. The molecule has 4 nitrogen and oxygen atoms in total. The van der Waals surface area contributed by atoms with E-state index in [0.29, 0.717) is 11.3 Å². The summed E-state index contributed by atoms with van der Waals surface area (Å²) in [5, 5.41) is 4.31. The van der Waals surface area contributed by atoms with E-state index in [-0.39, 0.29) is 0 Å². The molecule has 0 saturated heterocycles. The van der Waals surface area contributed by atoms with E-state index in [0.717, 1.165) is 23.2 Å². The smallest absolute Gasteiger partial charge is 0.153 e. The van der Waals surface area contributed by atoms with E-state index in [1.165, 1.54) is 0 Å². The van der Waals surface area contributed by atoms with Crippen LogP contribution in [0.15, 0.2) is 24.4 Å². The number of hydrogen-bond acceptors (Lipinski definition) is 3. The maximum Gasteiger partial charge on any atom is 0.153 e. The molecule has 0 aliphatic carbocycles. The fraction of sp³-hybridized carbons (Fsp3) is 0.231. The Kier molecular flexibility index (Phi) is 2.95. The van der Waals surface area contributed by atoms with Crippen LogP contribution in [-0.2, 0) is 7.05 Å². The second-order valence-corrected chi connectivity index (χ2v) is 3.93. The van der Waals surface area contributed by atoms with Crippen molar-refractivity contribution in [3.05, 3.63) is 35.5 Å². The lowest BCUT2D eigenvalue weighted by atomic mass is 10.1. The molecule has 2 rings (SSSR count). The lowest BCUT2D eigenvalue weighted by molar-refractivity contribution is 0.112. The average molecular weight is 230 g/mol. The van der Waals surface area contributed by atoms with E-state index in [4.69, 9.17) is 4.74 Å². The molecule has 1 aromatic heterocycles. The van der Waals surface area contributed by atoms with Gasteiger partial charge in [0, 0.05) is 18.8 Å². The number of aromatic nitrogens is 2. The van der Waals surface area contributed by atoms with Gasteiger partial charge in [-0.3, -0.25) is 9.48 Å². The van der Waals surface area contributed by atoms with Crippen LogP contribution >= 0.6 is 0 Å². The summed E-state index contributed by atoms with van der Waals surface area (Å²) < 4.78 is 6.92. The summed E-state index contributed by atoms with van der Waals surface area (Å²) in [5.41, 5.74) is 3.16. The first kappa shape index (κ1) is 11.4. The average Bonchev–Trinajstić information content (AvgIpc) is 2.70. The molecule has 0 radical (unpaired) electrons. The van der Waals surface area contributed by atoms with E-state index in [1.807, 2.05) is 25.1 Å². The molecule has 4 heteroatoms. The van der Waals surface area contributed by atoms with Gasteiger partial charge in [-0.05, 0) is 19.1 Å². The molecule has 88 valence electrons. The van der Waals surface area contributed by atoms with Gasteiger partial charge in [0.15, 0.2) is 6.29 Å². The summed E-state index contributed by atoms with van der Waals surface area (Å²) in [6.07, 6.45) is 2.51. The van der Waals surface area contributed by atoms with Gasteiger partial charge in [-0.25, -0.2) is 0 Å². The zero-order valence-electron chi connectivity index (χ0n) is 10.1. The molecule has 0 unspecified atom stereocenters. The van der Waals surface area contributed by atoms with Crippen LogP contribution in [0, 0.1) is 6.92 Å². The third-order valence-corrected chi connectivity index (χ3v) is 2.59. The Morgan fingerprint density at radius 2 is 2.18 bits per heavy atom. The van der Waals surface area contributed by atoms with Crippen molar-refractivity contribution in [3.8, 4) is 17.0 Å². The second-order valence-electron chi connectivity index (χ2n) is 3.93. The van der Waals surface area contributed by atoms with Crippen LogP contribution in [0.1, 0.15) is 15.9 Å². The molecule has 0 aliphatic heterocycles. The van der Waals surface area contributed by atoms with Gasteiger partial charge >= 0.3 is 0 Å². The van der Waals surface area contributed by atoms with Crippen LogP contribution in [0.25, 0.3) is 11.3 Å². The molecule has 2 aromatic rings. The molecular weight excluding hydrogens is 216 g/mol. The Morgan fingerprint density at radius 3 is 2.82 bits per heavy atom. The molecule has 0 spiro atoms. The number of carbonyl (C=O) groups excluding carboxylic acids is 1. The van der Waals surface area contributed by atoms with Crippen molar-refractivity contribution in [3.63, 3.8) is 0 Å². The molecule has 0 saturated carbocycles. The van der Waals surface area contributed by atoms with Gasteiger partial charge < -0.3 is 4.74 Å². The standard InChI is InChI=1S/C13H14N2O2/c1-9-4-5-12(17-3)11(6-9)13-10(8-16)7-15(2)14-13/h4-8H,1-3H3. The Labute approximate surface area is 99.8 Å². The Morgan fingerprint density at radius 1 is 1.41 bits per heavy atom. The van der Waals surface area contributed by atoms with Crippen LogP contribution < -0.4 is 4.74 Å². The highest BCUT2D eigenvalue weighted by Gasteiger charge is 2.14. The predicted molar refractivity (Wildman–Crippen MR) is 65.3 cm³/mol. The molecule has 1 heterocycles. The van der Waals surface area contributed by atoms with E-state index in [9.17, 15) is 4.79 Å². The maximum absolute atomic E-state index is 11.0. The quantitative estimate of drug-likeness (QED) is 0.759. The van der Waals surface area contributed by atoms with Gasteiger partial charge in [-0.2, -0.15) is 5.10 Å². The zero-order valence-corrected chi connectivity index (χ0v) is 10.1. The molecule has 1 aromatic carbocycles. The molecule has 0 N–H and O–H groups in total. The van der Waals surface area contributed by atoms with Crippen LogP contribution in [0.3, 0.4) is 0 Å². The van der Waals surface area contributed by atoms with Crippen LogP contribution in [-0.4, -0.2) is 23.2 Å². The second kappa shape index (κ2) is 4.41. The van der Waals surface area contributed by atoms with Gasteiger partial charge in [0.1, 0.15) is 11.4 Å². The fourth-order valence-electron chi connectivity index (χ4n) is 1.81. The van der Waals surface area contributed by atoms with Gasteiger partial charge in [0.05, 0.1) is 12.7 Å². The Bertz CT molecular complexity index is 559. The highest BCUT2D eigenvalue weighted by atomic mass is 16.5. The minimum atomic E-state index is 0.566. The molecule has 0 atom stereocenters. The van der Waals surface area contributed by atoms with Gasteiger partial charge in [0.2, 0.25) is 0 Å². The minimum absolute atomic E-state index is 0.566. The van der Waals surface area contributed by atoms with Crippen molar-refractivity contribution in [2.45, 2.75) is 6.92 Å². The zero-order chi connectivity index (χ0) is 12.4. The summed E-state index contributed by atoms with van der Waals surface area (Å²) in [5.74, 6) is 0.720. The van der Waals surface area contributed by atoms with E-state index in [1.54, 1.807) is 25.0 Å². The number of methoxy groups -OCH3 is 1. The molecule has 0 aliphatic rings. The number of carbonyl (C=O) groups is 1. The molecule has 17 heavy (non-hydrogen) atoms. The highest BCUT2D eigenvalue weighted by molar-refractivity contribution is 5.87. The third kappa shape index (κ3) is 2.06. The van der Waals surface area contributed by atoms with E-state index < -0.39 is 0 Å². The summed E-state index contributed by atoms with van der Waals surface area (Å²) in [7, 11) is 3.40. The fourth-order valence-corrected chi connectivity index (χ4v) is 1.81. The van der Waals surface area contributed by atoms with Crippen molar-refractivity contribution < 1.29 is 9.53 Å². The van der Waals surface area contributed by atoms with Crippen molar-refractivity contribution in [1.82, 2.24) is 9.78 Å². The number of aryl methyl sites for hydroxylation is 2. The van der Waals surface area contributed by atoms with Gasteiger partial charge in [-0.1, -0.05) is 11.6 Å². The Balaban J connectivity index is 2.65. The van der Waals surface area contributed by atoms with Gasteiger partial charge in [0.25, 0.3) is 0 Å². The Hall–Kier alpha value is -2.10. The summed E-state index contributed by atoms with van der Waals surface area (Å²) in [4.78, 5) is 11.0. The SMILES string of the molecule is COc1ccc(C)cc1-c1nn(C)cc1C=O. The number of benzene rings is 1. The number of ether oxygens (including phenoxy) is 1. The van der Waals surface area contributed by atoms with Crippen molar-refractivity contribution >= 4 is 6.29 Å². The summed E-state index contributed by atoms with van der Waals surface area (Å²) in [6, 6.07) is 5.81. The lowest BCUT2D eigenvalue weighted by Gasteiger charge is -2.07. The van der Waals surface area contributed by atoms with Crippen molar-refractivity contribution in [2.75, 3.05) is 7.11 Å². The summed E-state index contributed by atoms with van der Waals surface area (Å²) >= 11 is 0. The normalized spacial score (nSPS) is 10.3. The third-order valence-electron chi connectivity index (χ3n) is 2.59. The first-order valence-electron chi connectivity index (χ1n) is 5.29. The highest BCUT2D eigenvalue weighted by Crippen LogP contribution is 2.31. The summed E-state index contributed by atoms with van der Waals surface area (Å²) in [6.45, 7) is 1.99. The largest absolute Gasteiger partial charge is 0.496 e. The maximum atomic E-state index is 11.0. The van der Waals surface area contributed by atoms with E-state index in [2.05, 4.69) is 5.10 Å². The van der Waals surface area contributed by atoms with Crippen LogP contribution in [0.5, 0.6) is 5.75 Å². The molecule has 0 fully saturated rings. The predicted octanol–water partition coefficient (Wildman–Crippen LogP) is 2.22. The number of hydrogen-bond donors (Lipinski definition) is 0. The van der Waals surface area contributed by atoms with Crippen LogP contribution in [0.4, 0.5) is 0 Å². The number of rotatable bonds is 3. The minimum Gasteiger partial charge on any atom is -0.496 e. The topological polar surface area (TPSA) is 44.1 Å². The van der Waals surface area contributed by atoms with Crippen molar-refractivity contribution in [1.29, 1.82) is 0 Å². The monoisotopic (exact) mass is 230 g/mol. The molecule has 0 amide bonds. The number of aldehydes is 1. The van der Waals surface area contributed by atoms with Gasteiger partial charge in [-0.15, -0.1) is 0 Å². The first-order valence-corrected chi connectivity index (χ1v) is 5.29. The van der Waals surface area contributed by atoms with Crippen molar-refractivity contribution in [2.24, 2.45) is 7.05 Å².